The van der Waals surface area contributed by atoms with E-state index in [1.165, 1.54) is 47.1 Å². The van der Waals surface area contributed by atoms with Gasteiger partial charge in [-0.15, -0.1) is 0 Å². The smallest absolute Gasteiger partial charge is 0.407 e. The number of aliphatic hydroxyl groups excluding tert-OH is 2. The van der Waals surface area contributed by atoms with E-state index in [9.17, 15) is 36.6 Å². The molecular weight excluding hydrogens is 1030 g/mol. The SMILES string of the molecule is COc1ccc(S(=O)(=O)N(CC(C)CCC#N)CC(O)[C@H](Cc2ccccc2)NC(=O)OC(C)(C)C)cc1.COc1ccc(S(=O)(=O)N(CC(C)CCC#N)CC(O)[C@H](Cc2ccccc2)NC(=O)OC2CCOC2)cc1. The Labute approximate surface area is 455 Å². The van der Waals surface area contributed by atoms with E-state index in [-0.39, 0.29) is 79.6 Å². The highest BCUT2D eigenvalue weighted by atomic mass is 32.2. The van der Waals surface area contributed by atoms with Crippen molar-refractivity contribution in [3.8, 4) is 23.6 Å². The van der Waals surface area contributed by atoms with Gasteiger partial charge < -0.3 is 44.5 Å². The molecule has 1 heterocycles. The van der Waals surface area contributed by atoms with Gasteiger partial charge in [0, 0.05) is 45.4 Å². The first kappa shape index (κ1) is 63.2. The Balaban J connectivity index is 0.000000333. The Morgan fingerprint density at radius 2 is 1.06 bits per heavy atom. The van der Waals surface area contributed by atoms with E-state index in [2.05, 4.69) is 22.8 Å². The molecule has 0 aliphatic carbocycles. The van der Waals surface area contributed by atoms with Crippen LogP contribution in [0.15, 0.2) is 119 Å². The molecule has 1 saturated heterocycles. The second-order valence-corrected chi connectivity index (χ2v) is 23.9. The molecule has 4 aromatic rings. The minimum absolute atomic E-state index is 0.0520. The van der Waals surface area contributed by atoms with Crippen LogP contribution in [0.2, 0.25) is 0 Å². The summed E-state index contributed by atoms with van der Waals surface area (Å²) >= 11 is 0. The van der Waals surface area contributed by atoms with Crippen molar-refractivity contribution in [2.75, 3.05) is 53.6 Å². The van der Waals surface area contributed by atoms with E-state index < -0.39 is 62.1 Å². The number of hydrogen-bond donors (Lipinski definition) is 4. The first-order valence-electron chi connectivity index (χ1n) is 25.6. The molecule has 0 bridgehead atoms. The molecular formula is C56H76N6O13S2. The molecule has 4 N–H and O–H groups in total. The summed E-state index contributed by atoms with van der Waals surface area (Å²) in [6.07, 6.45) is -1.57. The van der Waals surface area contributed by atoms with Crippen molar-refractivity contribution in [2.45, 2.75) is 125 Å². The lowest BCUT2D eigenvalue weighted by molar-refractivity contribution is 0.0399. The number of alkyl carbamates (subject to hydrolysis) is 2. The molecule has 4 aromatic carbocycles. The van der Waals surface area contributed by atoms with E-state index in [4.69, 9.17) is 34.2 Å². The van der Waals surface area contributed by atoms with Gasteiger partial charge in [-0.2, -0.15) is 19.1 Å². The standard InChI is InChI=1S/C28H37N3O7S.C28H39N3O6S/c1-21(7-6-15-29)18-31(39(34,35)25-12-10-23(36-2)11-13-25)19-27(32)26(17-22-8-4-3-5-9-22)30-28(33)38-24-14-16-37-20-24;1-21(10-9-17-29)19-31(38(34,35)24-15-13-23(36-5)14-16-24)20-26(32)25(18-22-11-7-6-8-12-22)30-27(33)37-28(2,3)4/h3-5,8-13,21,24,26-27,32H,6-7,14,16-20H2,1-2H3,(H,30,33);6-8,11-16,21,25-26,32H,9-10,18-20H2,1-5H3,(H,30,33)/t21?,24?,26-,27?;21?,25-,26?/m00/s1. The van der Waals surface area contributed by atoms with E-state index >= 15 is 0 Å². The molecule has 5 rings (SSSR count). The number of benzene rings is 4. The van der Waals surface area contributed by atoms with Crippen LogP contribution in [-0.4, -0.2) is 137 Å². The van der Waals surface area contributed by atoms with E-state index in [1.807, 2.05) is 74.5 Å². The molecule has 5 unspecified atom stereocenters. The lowest BCUT2D eigenvalue weighted by Crippen LogP contribution is -2.52. The summed E-state index contributed by atoms with van der Waals surface area (Å²) < 4.78 is 83.5. The van der Waals surface area contributed by atoms with Gasteiger partial charge in [-0.25, -0.2) is 26.4 Å². The highest BCUT2D eigenvalue weighted by molar-refractivity contribution is 7.89. The van der Waals surface area contributed by atoms with Gasteiger partial charge in [0.1, 0.15) is 23.2 Å². The zero-order valence-electron chi connectivity index (χ0n) is 45.1. The van der Waals surface area contributed by atoms with Crippen LogP contribution < -0.4 is 20.1 Å². The van der Waals surface area contributed by atoms with Crippen LogP contribution in [0.25, 0.3) is 0 Å². The van der Waals surface area contributed by atoms with Gasteiger partial charge in [-0.3, -0.25) is 0 Å². The molecule has 2 amide bonds. The molecule has 7 atom stereocenters. The minimum Gasteiger partial charge on any atom is -0.497 e. The zero-order chi connectivity index (χ0) is 56.6. The number of aliphatic hydroxyl groups is 2. The van der Waals surface area contributed by atoms with Gasteiger partial charge in [0.2, 0.25) is 20.0 Å². The molecule has 1 fully saturated rings. The third kappa shape index (κ3) is 21.6. The molecule has 19 nitrogen and oxygen atoms in total. The van der Waals surface area contributed by atoms with Gasteiger partial charge >= 0.3 is 12.2 Å². The number of methoxy groups -OCH3 is 2. The van der Waals surface area contributed by atoms with Gasteiger partial charge in [0.05, 0.1) is 73.7 Å². The Hall–Kier alpha value is -6.30. The molecule has 21 heteroatoms. The van der Waals surface area contributed by atoms with Gasteiger partial charge in [-0.1, -0.05) is 74.5 Å². The van der Waals surface area contributed by atoms with Crippen molar-refractivity contribution in [3.05, 3.63) is 120 Å². The van der Waals surface area contributed by atoms with Gasteiger partial charge in [-0.05, 0) is 118 Å². The van der Waals surface area contributed by atoms with Gasteiger partial charge in [0.15, 0.2) is 0 Å². The average molecular weight is 1110 g/mol. The highest BCUT2D eigenvalue weighted by Crippen LogP contribution is 2.25. The molecule has 0 spiro atoms. The number of nitriles is 2. The summed E-state index contributed by atoms with van der Waals surface area (Å²) in [7, 11) is -5.05. The van der Waals surface area contributed by atoms with Crippen molar-refractivity contribution in [3.63, 3.8) is 0 Å². The van der Waals surface area contributed by atoms with Crippen LogP contribution in [-0.2, 0) is 47.1 Å². The number of nitrogens with one attached hydrogen (secondary N) is 2. The second-order valence-electron chi connectivity index (χ2n) is 20.0. The number of rotatable bonds is 27. The third-order valence-electron chi connectivity index (χ3n) is 12.4. The maximum Gasteiger partial charge on any atom is 0.407 e. The molecule has 420 valence electrons. The summed E-state index contributed by atoms with van der Waals surface area (Å²) in [6.45, 7) is 9.41. The van der Waals surface area contributed by atoms with Crippen LogP contribution in [0.1, 0.15) is 77.8 Å². The van der Waals surface area contributed by atoms with Crippen LogP contribution in [0.3, 0.4) is 0 Å². The number of ether oxygens (including phenoxy) is 5. The lowest BCUT2D eigenvalue weighted by atomic mass is 10.0. The fourth-order valence-electron chi connectivity index (χ4n) is 8.21. The maximum atomic E-state index is 13.7. The number of nitrogens with zero attached hydrogens (tertiary/aromatic N) is 4. The monoisotopic (exact) mass is 1100 g/mol. The number of hydrogen-bond acceptors (Lipinski definition) is 15. The summed E-state index contributed by atoms with van der Waals surface area (Å²) in [5.74, 6) is 0.752. The molecule has 0 aromatic heterocycles. The fourth-order valence-corrected chi connectivity index (χ4v) is 11.4. The van der Waals surface area contributed by atoms with E-state index in [0.717, 1.165) is 11.1 Å². The molecule has 0 saturated carbocycles. The Bertz CT molecular complexity index is 2710. The Morgan fingerprint density at radius 1 is 0.662 bits per heavy atom. The largest absolute Gasteiger partial charge is 0.497 e. The zero-order valence-corrected chi connectivity index (χ0v) is 46.7. The molecule has 77 heavy (non-hydrogen) atoms. The molecule has 1 aliphatic heterocycles. The lowest BCUT2D eigenvalue weighted by Gasteiger charge is -2.31. The summed E-state index contributed by atoms with van der Waals surface area (Å²) in [6, 6.07) is 33.2. The summed E-state index contributed by atoms with van der Waals surface area (Å²) in [5.41, 5.74) is 0.976. The Morgan fingerprint density at radius 3 is 1.42 bits per heavy atom. The molecule has 0 radical (unpaired) electrons. The van der Waals surface area contributed by atoms with Crippen LogP contribution in [0.5, 0.6) is 11.5 Å². The first-order chi connectivity index (χ1) is 36.6. The minimum atomic E-state index is -4.02. The van der Waals surface area contributed by atoms with Crippen molar-refractivity contribution >= 4 is 32.2 Å². The predicted octanol–water partition coefficient (Wildman–Crippen LogP) is 7.24. The fraction of sp³-hybridized carbons (Fsp3) is 0.500. The quantitative estimate of drug-likeness (QED) is 0.0459. The third-order valence-corrected chi connectivity index (χ3v) is 16.1. The number of amides is 2. The second kappa shape index (κ2) is 31.2. The number of carbonyl (C=O) groups excluding carboxylic acids is 2. The maximum absolute atomic E-state index is 13.7. The van der Waals surface area contributed by atoms with Crippen LogP contribution >= 0.6 is 0 Å². The van der Waals surface area contributed by atoms with Crippen LogP contribution in [0, 0.1) is 34.5 Å². The summed E-state index contributed by atoms with van der Waals surface area (Å²) in [4.78, 5) is 25.4. The van der Waals surface area contributed by atoms with Crippen molar-refractivity contribution in [2.24, 2.45) is 11.8 Å². The predicted molar refractivity (Wildman–Crippen MR) is 290 cm³/mol. The number of carbonyl (C=O) groups is 2. The molecule has 1 aliphatic rings. The normalized spacial score (nSPS) is 16.0. The topological polar surface area (TPSA) is 267 Å². The Kier molecular flexibility index (Phi) is 25.6. The van der Waals surface area contributed by atoms with E-state index in [0.29, 0.717) is 44.0 Å². The first-order valence-corrected chi connectivity index (χ1v) is 28.5. The van der Waals surface area contributed by atoms with Crippen molar-refractivity contribution < 1.29 is 60.3 Å². The highest BCUT2D eigenvalue weighted by Gasteiger charge is 2.35. The summed E-state index contributed by atoms with van der Waals surface area (Å²) in [5, 5.41) is 46.1. The van der Waals surface area contributed by atoms with Gasteiger partial charge in [0.25, 0.3) is 0 Å². The van der Waals surface area contributed by atoms with Crippen molar-refractivity contribution in [1.29, 1.82) is 10.5 Å². The number of sulfonamides is 2. The van der Waals surface area contributed by atoms with E-state index in [1.54, 1.807) is 45.0 Å². The van der Waals surface area contributed by atoms with Crippen LogP contribution in [0.4, 0.5) is 9.59 Å². The van der Waals surface area contributed by atoms with Crippen molar-refractivity contribution in [1.82, 2.24) is 19.2 Å². The average Bonchev–Trinajstić information content (AvgIpc) is 3.92.